The third-order valence-corrected chi connectivity index (χ3v) is 5.16. The number of amides is 1. The summed E-state index contributed by atoms with van der Waals surface area (Å²) in [5.41, 5.74) is 3.40. The zero-order valence-electron chi connectivity index (χ0n) is 15.3. The molecule has 1 N–H and O–H groups in total. The van der Waals surface area contributed by atoms with Gasteiger partial charge in [0.15, 0.2) is 0 Å². The first-order valence-corrected chi connectivity index (χ1v) is 9.56. The molecule has 0 saturated carbocycles. The average molecular weight is 442 g/mol. The molecule has 0 aliphatic heterocycles. The first-order valence-electron chi connectivity index (χ1n) is 8.31. The van der Waals surface area contributed by atoms with E-state index >= 15 is 0 Å². The van der Waals surface area contributed by atoms with Crippen LogP contribution in [0.15, 0.2) is 34.7 Å². The molecule has 0 unspecified atom stereocenters. The first-order chi connectivity index (χ1) is 13.6. The summed E-state index contributed by atoms with van der Waals surface area (Å²) in [6, 6.07) is 4.67. The molecule has 0 spiro atoms. The molecule has 0 saturated heterocycles. The Balaban J connectivity index is 1.76. The number of halogens is 4. The minimum absolute atomic E-state index is 0.0790. The Morgan fingerprint density at radius 2 is 2.14 bits per heavy atom. The van der Waals surface area contributed by atoms with Gasteiger partial charge >= 0.3 is 6.18 Å². The molecule has 2 heterocycles. The standard InChI is InChI=1S/C18H15ClF3N5OS/c1-10-9-29-16(24-10)7-15(28)25-23-8-14-11(2)26-27(17(14)19)13-5-3-4-12(6-13)18(20,21)22/h3-6,8-9H,7H2,1-2H3,(H,25,28)/b23-8+. The topological polar surface area (TPSA) is 72.2 Å². The van der Waals surface area contributed by atoms with Crippen LogP contribution in [-0.4, -0.2) is 26.9 Å². The number of aromatic nitrogens is 3. The van der Waals surface area contributed by atoms with E-state index in [2.05, 4.69) is 20.6 Å². The second kappa shape index (κ2) is 8.34. The van der Waals surface area contributed by atoms with Crippen LogP contribution in [0.3, 0.4) is 0 Å². The maximum atomic E-state index is 12.9. The van der Waals surface area contributed by atoms with Gasteiger partial charge in [-0.3, -0.25) is 4.79 Å². The van der Waals surface area contributed by atoms with E-state index in [-0.39, 0.29) is 23.2 Å². The van der Waals surface area contributed by atoms with Crippen molar-refractivity contribution in [2.24, 2.45) is 5.10 Å². The Hall–Kier alpha value is -2.72. The van der Waals surface area contributed by atoms with E-state index in [9.17, 15) is 18.0 Å². The third kappa shape index (κ3) is 5.01. The SMILES string of the molecule is Cc1csc(CC(=O)N/N=C/c2c(C)nn(-c3cccc(C(F)(F)F)c3)c2Cl)n1. The van der Waals surface area contributed by atoms with E-state index in [1.165, 1.54) is 34.4 Å². The first kappa shape index (κ1) is 21.0. The highest BCUT2D eigenvalue weighted by Gasteiger charge is 2.30. The Labute approximate surface area is 173 Å². The number of alkyl halides is 3. The van der Waals surface area contributed by atoms with Crippen molar-refractivity contribution in [1.29, 1.82) is 0 Å². The fraction of sp³-hybridized carbons (Fsp3) is 0.222. The van der Waals surface area contributed by atoms with Crippen molar-refractivity contribution in [2.45, 2.75) is 26.4 Å². The molecule has 0 aliphatic carbocycles. The molecule has 29 heavy (non-hydrogen) atoms. The number of carbonyl (C=O) groups excluding carboxylic acids is 1. The van der Waals surface area contributed by atoms with Gasteiger partial charge in [-0.25, -0.2) is 15.1 Å². The molecule has 152 valence electrons. The zero-order valence-corrected chi connectivity index (χ0v) is 16.9. The lowest BCUT2D eigenvalue weighted by Gasteiger charge is -2.09. The van der Waals surface area contributed by atoms with Crippen LogP contribution in [-0.2, 0) is 17.4 Å². The molecule has 11 heteroatoms. The van der Waals surface area contributed by atoms with Gasteiger partial charge in [0.1, 0.15) is 10.2 Å². The highest BCUT2D eigenvalue weighted by molar-refractivity contribution is 7.09. The van der Waals surface area contributed by atoms with Gasteiger partial charge in [-0.1, -0.05) is 17.7 Å². The van der Waals surface area contributed by atoms with Crippen molar-refractivity contribution in [1.82, 2.24) is 20.2 Å². The van der Waals surface area contributed by atoms with Gasteiger partial charge in [0, 0.05) is 11.1 Å². The number of benzene rings is 1. The molecule has 6 nitrogen and oxygen atoms in total. The van der Waals surface area contributed by atoms with E-state index in [1.807, 2.05) is 12.3 Å². The van der Waals surface area contributed by atoms with Crippen molar-refractivity contribution in [3.05, 3.63) is 62.3 Å². The van der Waals surface area contributed by atoms with Crippen LogP contribution in [0.1, 0.15) is 27.5 Å². The zero-order chi connectivity index (χ0) is 21.2. The predicted octanol–water partition coefficient (Wildman–Crippen LogP) is 4.31. The van der Waals surface area contributed by atoms with Crippen LogP contribution < -0.4 is 5.43 Å². The maximum Gasteiger partial charge on any atom is 0.416 e. The summed E-state index contributed by atoms with van der Waals surface area (Å²) in [5, 5.41) is 10.6. The number of carbonyl (C=O) groups is 1. The van der Waals surface area contributed by atoms with E-state index in [1.54, 1.807) is 6.92 Å². The summed E-state index contributed by atoms with van der Waals surface area (Å²) in [6.07, 6.45) is -3.08. The quantitative estimate of drug-likeness (QED) is 0.473. The molecular weight excluding hydrogens is 427 g/mol. The Bertz CT molecular complexity index is 1070. The van der Waals surface area contributed by atoms with Gasteiger partial charge in [0.2, 0.25) is 5.91 Å². The molecule has 1 amide bonds. The lowest BCUT2D eigenvalue weighted by molar-refractivity contribution is -0.137. The summed E-state index contributed by atoms with van der Waals surface area (Å²) in [5.74, 6) is -0.352. The molecule has 0 radical (unpaired) electrons. The second-order valence-corrected chi connectivity index (χ2v) is 7.40. The molecule has 0 atom stereocenters. The molecule has 3 rings (SSSR count). The smallest absolute Gasteiger partial charge is 0.273 e. The van der Waals surface area contributed by atoms with Crippen molar-refractivity contribution in [3.8, 4) is 5.69 Å². The minimum atomic E-state index is -4.48. The van der Waals surface area contributed by atoms with E-state index in [4.69, 9.17) is 11.6 Å². The van der Waals surface area contributed by atoms with E-state index in [0.717, 1.165) is 17.8 Å². The normalized spacial score (nSPS) is 11.9. The largest absolute Gasteiger partial charge is 0.416 e. The molecule has 2 aromatic heterocycles. The van der Waals surface area contributed by atoms with Gasteiger partial charge in [-0.2, -0.15) is 23.4 Å². The summed E-state index contributed by atoms with van der Waals surface area (Å²) < 4.78 is 40.0. The summed E-state index contributed by atoms with van der Waals surface area (Å²) >= 11 is 7.66. The van der Waals surface area contributed by atoms with Crippen molar-refractivity contribution in [2.75, 3.05) is 0 Å². The molecular formula is C18H15ClF3N5OS. The molecule has 0 fully saturated rings. The Kier molecular flexibility index (Phi) is 6.04. The van der Waals surface area contributed by atoms with E-state index < -0.39 is 11.7 Å². The number of hydrogen-bond donors (Lipinski definition) is 1. The molecule has 3 aromatic rings. The number of aryl methyl sites for hydroxylation is 2. The fourth-order valence-electron chi connectivity index (χ4n) is 2.47. The summed E-state index contributed by atoms with van der Waals surface area (Å²) in [4.78, 5) is 16.1. The van der Waals surface area contributed by atoms with Gasteiger partial charge in [0.25, 0.3) is 0 Å². The van der Waals surface area contributed by atoms with Gasteiger partial charge in [0.05, 0.1) is 35.1 Å². The fourth-order valence-corrected chi connectivity index (χ4v) is 3.56. The number of hydrogen-bond acceptors (Lipinski definition) is 5. The lowest BCUT2D eigenvalue weighted by Crippen LogP contribution is -2.19. The number of hydrazone groups is 1. The molecule has 0 aliphatic rings. The number of rotatable bonds is 5. The second-order valence-electron chi connectivity index (χ2n) is 6.10. The predicted molar refractivity (Wildman–Crippen MR) is 105 cm³/mol. The summed E-state index contributed by atoms with van der Waals surface area (Å²) in [6.45, 7) is 3.47. The average Bonchev–Trinajstić information content (AvgIpc) is 3.18. The van der Waals surface area contributed by atoms with Crippen LogP contribution >= 0.6 is 22.9 Å². The molecule has 0 bridgehead atoms. The Morgan fingerprint density at radius 3 is 2.79 bits per heavy atom. The highest BCUT2D eigenvalue weighted by Crippen LogP contribution is 2.31. The maximum absolute atomic E-state index is 12.9. The monoisotopic (exact) mass is 441 g/mol. The van der Waals surface area contributed by atoms with Gasteiger partial charge < -0.3 is 0 Å². The van der Waals surface area contributed by atoms with E-state index in [0.29, 0.717) is 16.3 Å². The van der Waals surface area contributed by atoms with Crippen molar-refractivity contribution in [3.63, 3.8) is 0 Å². The number of thiazole rings is 1. The van der Waals surface area contributed by atoms with Crippen LogP contribution in [0, 0.1) is 13.8 Å². The van der Waals surface area contributed by atoms with Crippen LogP contribution in [0.2, 0.25) is 5.15 Å². The minimum Gasteiger partial charge on any atom is -0.273 e. The number of nitrogens with zero attached hydrogens (tertiary/aromatic N) is 4. The molecule has 1 aromatic carbocycles. The van der Waals surface area contributed by atoms with Gasteiger partial charge in [-0.05, 0) is 32.0 Å². The van der Waals surface area contributed by atoms with Crippen LogP contribution in [0.5, 0.6) is 0 Å². The lowest BCUT2D eigenvalue weighted by atomic mass is 10.2. The third-order valence-electron chi connectivity index (χ3n) is 3.83. The van der Waals surface area contributed by atoms with Gasteiger partial charge in [-0.15, -0.1) is 11.3 Å². The van der Waals surface area contributed by atoms with Crippen molar-refractivity contribution < 1.29 is 18.0 Å². The van der Waals surface area contributed by atoms with Crippen LogP contribution in [0.25, 0.3) is 5.69 Å². The highest BCUT2D eigenvalue weighted by atomic mass is 35.5. The summed E-state index contributed by atoms with van der Waals surface area (Å²) in [7, 11) is 0. The van der Waals surface area contributed by atoms with Crippen LogP contribution in [0.4, 0.5) is 13.2 Å². The Morgan fingerprint density at radius 1 is 1.38 bits per heavy atom. The van der Waals surface area contributed by atoms with Crippen molar-refractivity contribution >= 4 is 35.1 Å². The number of nitrogens with one attached hydrogen (secondary N) is 1.